The largest absolute Gasteiger partial charge is 0.370 e. The van der Waals surface area contributed by atoms with Crippen LogP contribution in [0, 0.1) is 11.3 Å². The summed E-state index contributed by atoms with van der Waals surface area (Å²) in [5, 5.41) is 8.02. The molecule has 0 heterocycles. The summed E-state index contributed by atoms with van der Waals surface area (Å²) in [6.45, 7) is 0. The van der Waals surface area contributed by atoms with Crippen LogP contribution in [0.1, 0.15) is 6.42 Å². The fourth-order valence-electron chi connectivity index (χ4n) is 0.364. The Hall–Kier alpha value is -0.690. The predicted octanol–water partition coefficient (Wildman–Crippen LogP) is 0.117. The van der Waals surface area contributed by atoms with Gasteiger partial charge in [-0.2, -0.15) is 5.26 Å². The van der Waals surface area contributed by atoms with Crippen LogP contribution in [-0.2, 0) is 4.79 Å². The number of nitrogens with zero attached hydrogens (tertiary/aromatic N) is 1. The molecule has 0 radical (unpaired) electrons. The van der Waals surface area contributed by atoms with Crippen LogP contribution in [0.2, 0.25) is 0 Å². The molecule has 3 nitrogen and oxygen atoms in total. The van der Waals surface area contributed by atoms with Crippen LogP contribution in [0.4, 0.5) is 0 Å². The molecule has 0 fully saturated rings. The van der Waals surface area contributed by atoms with Crippen molar-refractivity contribution in [2.24, 2.45) is 5.73 Å². The van der Waals surface area contributed by atoms with E-state index in [1.165, 1.54) is 11.8 Å². The number of carbonyl (C=O) groups excluding carboxylic acids is 1. The summed E-state index contributed by atoms with van der Waals surface area (Å²) in [7, 11) is 0. The molecule has 0 spiro atoms. The third-order valence-electron chi connectivity index (χ3n) is 0.815. The van der Waals surface area contributed by atoms with E-state index >= 15 is 0 Å². The van der Waals surface area contributed by atoms with Gasteiger partial charge < -0.3 is 5.73 Å². The molecule has 9 heavy (non-hydrogen) atoms. The van der Waals surface area contributed by atoms with Crippen LogP contribution >= 0.6 is 11.8 Å². The lowest BCUT2D eigenvalue weighted by atomic mass is 10.3. The predicted molar refractivity (Wildman–Crippen MR) is 36.7 cm³/mol. The highest BCUT2D eigenvalue weighted by Gasteiger charge is 2.07. The van der Waals surface area contributed by atoms with Crippen molar-refractivity contribution in [1.29, 1.82) is 5.26 Å². The minimum Gasteiger partial charge on any atom is -0.370 e. The first-order valence-electron chi connectivity index (χ1n) is 2.41. The molecule has 1 atom stereocenters. The summed E-state index contributed by atoms with van der Waals surface area (Å²) in [5.74, 6) is -0.420. The van der Waals surface area contributed by atoms with Crippen molar-refractivity contribution in [1.82, 2.24) is 0 Å². The van der Waals surface area contributed by atoms with Crippen LogP contribution in [0.25, 0.3) is 0 Å². The van der Waals surface area contributed by atoms with Crippen LogP contribution in [0.3, 0.4) is 0 Å². The molecule has 0 aliphatic carbocycles. The zero-order chi connectivity index (χ0) is 7.28. The van der Waals surface area contributed by atoms with Crippen molar-refractivity contribution in [3.8, 4) is 6.07 Å². The Morgan fingerprint density at radius 2 is 2.56 bits per heavy atom. The highest BCUT2D eigenvalue weighted by molar-refractivity contribution is 7.99. The van der Waals surface area contributed by atoms with E-state index in [2.05, 4.69) is 0 Å². The van der Waals surface area contributed by atoms with Crippen molar-refractivity contribution in [2.45, 2.75) is 11.7 Å². The summed E-state index contributed by atoms with van der Waals surface area (Å²) in [6.07, 6.45) is 1.93. The topological polar surface area (TPSA) is 66.9 Å². The second-order valence-corrected chi connectivity index (χ2v) is 2.56. The Kier molecular flexibility index (Phi) is 3.89. The third kappa shape index (κ3) is 3.86. The van der Waals surface area contributed by atoms with Gasteiger partial charge in [0, 0.05) is 0 Å². The van der Waals surface area contributed by atoms with Gasteiger partial charge in [-0.05, 0) is 6.26 Å². The first kappa shape index (κ1) is 8.31. The molecule has 0 aromatic carbocycles. The standard InChI is InChI=1S/C5H8N2OS/c1-9-4(3-6)2-5(7)8/h4H,2H2,1H3,(H2,7,8). The molecule has 1 amide bonds. The fraction of sp³-hybridized carbons (Fsp3) is 0.600. The average molecular weight is 144 g/mol. The van der Waals surface area contributed by atoms with Gasteiger partial charge in [-0.3, -0.25) is 4.79 Å². The van der Waals surface area contributed by atoms with E-state index in [1.54, 1.807) is 6.26 Å². The molecule has 50 valence electrons. The number of rotatable bonds is 3. The number of thioether (sulfide) groups is 1. The molecule has 0 aliphatic heterocycles. The van der Waals surface area contributed by atoms with Gasteiger partial charge in [0.25, 0.3) is 0 Å². The fourth-order valence-corrected chi connectivity index (χ4v) is 0.801. The number of nitrogens with two attached hydrogens (primary N) is 1. The number of primary amides is 1. The highest BCUT2D eigenvalue weighted by atomic mass is 32.2. The van der Waals surface area contributed by atoms with Crippen molar-refractivity contribution in [3.63, 3.8) is 0 Å². The first-order valence-corrected chi connectivity index (χ1v) is 3.70. The van der Waals surface area contributed by atoms with E-state index in [1.807, 2.05) is 6.07 Å². The maximum atomic E-state index is 10.2. The lowest BCUT2D eigenvalue weighted by molar-refractivity contribution is -0.117. The molecule has 0 saturated carbocycles. The number of carbonyl (C=O) groups is 1. The monoisotopic (exact) mass is 144 g/mol. The van der Waals surface area contributed by atoms with Crippen LogP contribution < -0.4 is 5.73 Å². The van der Waals surface area contributed by atoms with E-state index in [0.717, 1.165) is 0 Å². The number of nitriles is 1. The smallest absolute Gasteiger partial charge is 0.219 e. The summed E-state index contributed by atoms with van der Waals surface area (Å²) < 4.78 is 0. The zero-order valence-corrected chi connectivity index (χ0v) is 5.94. The minimum atomic E-state index is -0.420. The number of hydrogen-bond donors (Lipinski definition) is 1. The Bertz CT molecular complexity index is 140. The van der Waals surface area contributed by atoms with Gasteiger partial charge >= 0.3 is 0 Å². The number of amides is 1. The van der Waals surface area contributed by atoms with E-state index in [-0.39, 0.29) is 11.7 Å². The zero-order valence-electron chi connectivity index (χ0n) is 5.13. The molecular formula is C5H8N2OS. The summed E-state index contributed by atoms with van der Waals surface area (Å²) in [6, 6.07) is 1.95. The molecule has 1 unspecified atom stereocenters. The Balaban J connectivity index is 3.60. The Morgan fingerprint density at radius 3 is 2.67 bits per heavy atom. The van der Waals surface area contributed by atoms with Crippen molar-refractivity contribution < 1.29 is 4.79 Å². The molecule has 0 aromatic rings. The average Bonchev–Trinajstić information content (AvgIpc) is 1.82. The molecule has 0 bridgehead atoms. The molecule has 0 rings (SSSR count). The first-order chi connectivity index (χ1) is 4.20. The highest BCUT2D eigenvalue weighted by Crippen LogP contribution is 2.07. The molecule has 2 N–H and O–H groups in total. The molecule has 0 aromatic heterocycles. The van der Waals surface area contributed by atoms with Crippen molar-refractivity contribution in [3.05, 3.63) is 0 Å². The van der Waals surface area contributed by atoms with Gasteiger partial charge in [-0.1, -0.05) is 0 Å². The minimum absolute atomic E-state index is 0.150. The summed E-state index contributed by atoms with van der Waals surface area (Å²) >= 11 is 1.34. The van der Waals surface area contributed by atoms with E-state index in [0.29, 0.717) is 0 Å². The van der Waals surface area contributed by atoms with Gasteiger partial charge in [0.1, 0.15) is 5.25 Å². The van der Waals surface area contributed by atoms with Gasteiger partial charge in [0.15, 0.2) is 0 Å². The van der Waals surface area contributed by atoms with Gasteiger partial charge in [0.05, 0.1) is 12.5 Å². The maximum Gasteiger partial charge on any atom is 0.219 e. The lowest BCUT2D eigenvalue weighted by Crippen LogP contribution is -2.16. The molecule has 0 aliphatic rings. The third-order valence-corrected chi connectivity index (χ3v) is 1.66. The van der Waals surface area contributed by atoms with Crippen molar-refractivity contribution >= 4 is 17.7 Å². The molecule has 4 heteroatoms. The summed E-state index contributed by atoms with van der Waals surface area (Å²) in [4.78, 5) is 10.2. The van der Waals surface area contributed by atoms with E-state index in [4.69, 9.17) is 11.0 Å². The second kappa shape index (κ2) is 4.21. The van der Waals surface area contributed by atoms with Gasteiger partial charge in [-0.15, -0.1) is 11.8 Å². The normalized spacial score (nSPS) is 12.0. The van der Waals surface area contributed by atoms with E-state index in [9.17, 15) is 4.79 Å². The van der Waals surface area contributed by atoms with Gasteiger partial charge in [-0.25, -0.2) is 0 Å². The lowest BCUT2D eigenvalue weighted by Gasteiger charge is -1.98. The Labute approximate surface area is 58.2 Å². The van der Waals surface area contributed by atoms with Gasteiger partial charge in [0.2, 0.25) is 5.91 Å². The second-order valence-electron chi connectivity index (χ2n) is 1.52. The quantitative estimate of drug-likeness (QED) is 0.611. The van der Waals surface area contributed by atoms with E-state index < -0.39 is 5.91 Å². The maximum absolute atomic E-state index is 10.2. The molecule has 0 saturated heterocycles. The number of hydrogen-bond acceptors (Lipinski definition) is 3. The van der Waals surface area contributed by atoms with Crippen LogP contribution in [0.5, 0.6) is 0 Å². The summed E-state index contributed by atoms with van der Waals surface area (Å²) in [5.41, 5.74) is 4.84. The SMILES string of the molecule is CSC(C#N)CC(N)=O. The van der Waals surface area contributed by atoms with Crippen LogP contribution in [-0.4, -0.2) is 17.4 Å². The van der Waals surface area contributed by atoms with Crippen LogP contribution in [0.15, 0.2) is 0 Å². The molecular weight excluding hydrogens is 136 g/mol. The Morgan fingerprint density at radius 1 is 2.00 bits per heavy atom. The van der Waals surface area contributed by atoms with Crippen molar-refractivity contribution in [2.75, 3.05) is 6.26 Å².